The van der Waals surface area contributed by atoms with Crippen LogP contribution in [0.2, 0.25) is 10.0 Å². The van der Waals surface area contributed by atoms with Gasteiger partial charge >= 0.3 is 0 Å². The molecule has 3 heteroatoms. The summed E-state index contributed by atoms with van der Waals surface area (Å²) in [5.41, 5.74) is 5.53. The highest BCUT2D eigenvalue weighted by atomic mass is 35.5. The van der Waals surface area contributed by atoms with E-state index in [0.29, 0.717) is 10.0 Å². The molecule has 0 spiro atoms. The van der Waals surface area contributed by atoms with Crippen LogP contribution in [0, 0.1) is 0 Å². The van der Waals surface area contributed by atoms with Crippen LogP contribution in [-0.2, 0) is 0 Å². The third-order valence-corrected chi connectivity index (χ3v) is 4.91. The fourth-order valence-corrected chi connectivity index (χ4v) is 3.31. The largest absolute Gasteiger partial charge is 0.311 e. The van der Waals surface area contributed by atoms with E-state index < -0.39 is 0 Å². The Balaban J connectivity index is 1.76. The summed E-state index contributed by atoms with van der Waals surface area (Å²) < 4.78 is 0. The lowest BCUT2D eigenvalue weighted by atomic mass is 10.0. The smallest absolute Gasteiger partial charge is 0.0462 e. The fraction of sp³-hybridized carbons (Fsp3) is 0. The Morgan fingerprint density at radius 2 is 0.778 bits per heavy atom. The van der Waals surface area contributed by atoms with Gasteiger partial charge in [0.2, 0.25) is 0 Å². The maximum absolute atomic E-state index is 6.08. The summed E-state index contributed by atoms with van der Waals surface area (Å²) in [6.07, 6.45) is 0. The maximum Gasteiger partial charge on any atom is 0.0462 e. The van der Waals surface area contributed by atoms with Gasteiger partial charge in [0.15, 0.2) is 0 Å². The van der Waals surface area contributed by atoms with Gasteiger partial charge in [-0.1, -0.05) is 65.7 Å². The quantitative estimate of drug-likeness (QED) is 0.340. The molecule has 4 rings (SSSR count). The van der Waals surface area contributed by atoms with Crippen LogP contribution in [0.4, 0.5) is 17.1 Å². The summed E-state index contributed by atoms with van der Waals surface area (Å²) in [6.45, 7) is 0. The zero-order valence-electron chi connectivity index (χ0n) is 14.5. The first-order chi connectivity index (χ1) is 13.2. The minimum absolute atomic E-state index is 0.717. The molecule has 0 aromatic heterocycles. The van der Waals surface area contributed by atoms with Crippen molar-refractivity contribution < 1.29 is 0 Å². The van der Waals surface area contributed by atoms with Gasteiger partial charge in [0, 0.05) is 27.1 Å². The Labute approximate surface area is 169 Å². The van der Waals surface area contributed by atoms with Gasteiger partial charge in [0.25, 0.3) is 0 Å². The molecule has 0 amide bonds. The third-order valence-electron chi connectivity index (χ3n) is 4.40. The van der Waals surface area contributed by atoms with Crippen molar-refractivity contribution in [1.82, 2.24) is 0 Å². The second-order valence-corrected chi connectivity index (χ2v) is 7.07. The van der Waals surface area contributed by atoms with Crippen molar-refractivity contribution in [1.29, 1.82) is 0 Å². The lowest BCUT2D eigenvalue weighted by molar-refractivity contribution is 1.28. The minimum Gasteiger partial charge on any atom is -0.311 e. The molecule has 0 unspecified atom stereocenters. The molecule has 4 aromatic rings. The molecule has 0 N–H and O–H groups in total. The highest BCUT2D eigenvalue weighted by molar-refractivity contribution is 6.31. The molecule has 1 nitrogen and oxygen atoms in total. The van der Waals surface area contributed by atoms with Crippen molar-refractivity contribution in [3.05, 3.63) is 113 Å². The summed E-state index contributed by atoms with van der Waals surface area (Å²) in [7, 11) is 0. The predicted molar refractivity (Wildman–Crippen MR) is 117 cm³/mol. The molecule has 0 aliphatic rings. The van der Waals surface area contributed by atoms with Crippen molar-refractivity contribution in [2.24, 2.45) is 0 Å². The van der Waals surface area contributed by atoms with Gasteiger partial charge in [0.1, 0.15) is 0 Å². The maximum atomic E-state index is 6.08. The van der Waals surface area contributed by atoms with Crippen LogP contribution in [0.5, 0.6) is 0 Å². The first-order valence-electron chi connectivity index (χ1n) is 8.67. The standard InChI is InChI=1S/C24H17Cl2N/c25-20-8-14-23(15-9-20)27(24-16-10-21(26)11-17-24)22-12-6-19(7-13-22)18-4-2-1-3-5-18/h1-17H. The summed E-state index contributed by atoms with van der Waals surface area (Å²) in [5, 5.41) is 1.43. The summed E-state index contributed by atoms with van der Waals surface area (Å²) in [6, 6.07) is 34.6. The average molecular weight is 390 g/mol. The van der Waals surface area contributed by atoms with E-state index in [9.17, 15) is 0 Å². The first-order valence-corrected chi connectivity index (χ1v) is 9.43. The predicted octanol–water partition coefficient (Wildman–Crippen LogP) is 8.13. The molecule has 0 saturated carbocycles. The number of hydrogen-bond donors (Lipinski definition) is 0. The molecule has 27 heavy (non-hydrogen) atoms. The highest BCUT2D eigenvalue weighted by Crippen LogP contribution is 2.36. The summed E-state index contributed by atoms with van der Waals surface area (Å²) in [4.78, 5) is 2.18. The number of benzene rings is 4. The molecule has 0 atom stereocenters. The number of halogens is 2. The molecule has 0 aliphatic heterocycles. The van der Waals surface area contributed by atoms with E-state index in [2.05, 4.69) is 53.4 Å². The van der Waals surface area contributed by atoms with Crippen molar-refractivity contribution in [2.45, 2.75) is 0 Å². The molecule has 0 heterocycles. The Hall–Kier alpha value is -2.74. The zero-order valence-corrected chi connectivity index (χ0v) is 16.0. The molecular formula is C24H17Cl2N. The molecule has 132 valence electrons. The third kappa shape index (κ3) is 4.00. The Morgan fingerprint density at radius 1 is 0.407 bits per heavy atom. The van der Waals surface area contributed by atoms with Crippen LogP contribution in [0.1, 0.15) is 0 Å². The Kier molecular flexibility index (Phi) is 5.15. The van der Waals surface area contributed by atoms with Crippen LogP contribution >= 0.6 is 23.2 Å². The molecule has 0 radical (unpaired) electrons. The lowest BCUT2D eigenvalue weighted by Crippen LogP contribution is -2.09. The van der Waals surface area contributed by atoms with Crippen molar-refractivity contribution >= 4 is 40.3 Å². The molecule has 0 aliphatic carbocycles. The van der Waals surface area contributed by atoms with E-state index in [1.165, 1.54) is 11.1 Å². The van der Waals surface area contributed by atoms with E-state index >= 15 is 0 Å². The summed E-state index contributed by atoms with van der Waals surface area (Å²) in [5.74, 6) is 0. The van der Waals surface area contributed by atoms with Crippen LogP contribution in [-0.4, -0.2) is 0 Å². The van der Waals surface area contributed by atoms with Crippen LogP contribution in [0.3, 0.4) is 0 Å². The number of hydrogen-bond acceptors (Lipinski definition) is 1. The second-order valence-electron chi connectivity index (χ2n) is 6.20. The second kappa shape index (κ2) is 7.87. The van der Waals surface area contributed by atoms with E-state index in [1.807, 2.05) is 54.6 Å². The topological polar surface area (TPSA) is 3.24 Å². The van der Waals surface area contributed by atoms with Crippen molar-refractivity contribution in [3.8, 4) is 11.1 Å². The van der Waals surface area contributed by atoms with Gasteiger partial charge < -0.3 is 4.90 Å². The first kappa shape index (κ1) is 17.7. The van der Waals surface area contributed by atoms with Crippen LogP contribution in [0.25, 0.3) is 11.1 Å². The number of anilines is 3. The SMILES string of the molecule is Clc1ccc(N(c2ccc(Cl)cc2)c2ccc(-c3ccccc3)cc2)cc1. The molecule has 4 aromatic carbocycles. The van der Waals surface area contributed by atoms with Gasteiger partial charge in [-0.2, -0.15) is 0 Å². The van der Waals surface area contributed by atoms with E-state index in [4.69, 9.17) is 23.2 Å². The number of rotatable bonds is 4. The monoisotopic (exact) mass is 389 g/mol. The molecule has 0 saturated heterocycles. The molecule has 0 bridgehead atoms. The summed E-state index contributed by atoms with van der Waals surface area (Å²) >= 11 is 12.2. The van der Waals surface area contributed by atoms with Gasteiger partial charge in [0.05, 0.1) is 0 Å². The molecular weight excluding hydrogens is 373 g/mol. The van der Waals surface area contributed by atoms with Gasteiger partial charge in [-0.3, -0.25) is 0 Å². The van der Waals surface area contributed by atoms with Gasteiger partial charge in [-0.05, 0) is 71.8 Å². The van der Waals surface area contributed by atoms with Crippen LogP contribution < -0.4 is 4.90 Å². The van der Waals surface area contributed by atoms with E-state index in [-0.39, 0.29) is 0 Å². The highest BCUT2D eigenvalue weighted by Gasteiger charge is 2.12. The fourth-order valence-electron chi connectivity index (χ4n) is 3.06. The van der Waals surface area contributed by atoms with E-state index in [0.717, 1.165) is 17.1 Å². The normalized spacial score (nSPS) is 10.6. The van der Waals surface area contributed by atoms with Gasteiger partial charge in [-0.25, -0.2) is 0 Å². The minimum atomic E-state index is 0.717. The zero-order chi connectivity index (χ0) is 18.6. The van der Waals surface area contributed by atoms with Crippen LogP contribution in [0.15, 0.2) is 103 Å². The average Bonchev–Trinajstić information content (AvgIpc) is 2.72. The van der Waals surface area contributed by atoms with Crippen molar-refractivity contribution in [2.75, 3.05) is 4.90 Å². The molecule has 0 fully saturated rings. The van der Waals surface area contributed by atoms with Gasteiger partial charge in [-0.15, -0.1) is 0 Å². The lowest BCUT2D eigenvalue weighted by Gasteiger charge is -2.25. The Morgan fingerprint density at radius 3 is 1.22 bits per heavy atom. The van der Waals surface area contributed by atoms with Crippen molar-refractivity contribution in [3.63, 3.8) is 0 Å². The number of nitrogens with zero attached hydrogens (tertiary/aromatic N) is 1. The Bertz CT molecular complexity index is 963. The van der Waals surface area contributed by atoms with E-state index in [1.54, 1.807) is 0 Å².